The first-order chi connectivity index (χ1) is 9.47. The molecule has 0 bridgehead atoms. The van der Waals surface area contributed by atoms with Crippen LogP contribution in [0.25, 0.3) is 0 Å². The van der Waals surface area contributed by atoms with E-state index in [1.165, 1.54) is 4.90 Å². The van der Waals surface area contributed by atoms with E-state index in [2.05, 4.69) is 0 Å². The summed E-state index contributed by atoms with van der Waals surface area (Å²) in [5.41, 5.74) is 0.901. The minimum absolute atomic E-state index is 0.154. The van der Waals surface area contributed by atoms with Crippen LogP contribution >= 0.6 is 11.6 Å². The highest BCUT2D eigenvalue weighted by atomic mass is 35.5. The minimum atomic E-state index is -2.43. The third-order valence-electron chi connectivity index (χ3n) is 3.71. The van der Waals surface area contributed by atoms with Crippen LogP contribution in [0.4, 0.5) is 8.78 Å². The molecule has 0 radical (unpaired) electrons. The minimum Gasteiger partial charge on any atom is -0.481 e. The monoisotopic (exact) mass is 303 g/mol. The Morgan fingerprint density at radius 1 is 1.40 bits per heavy atom. The van der Waals surface area contributed by atoms with Crippen LogP contribution in [0.2, 0.25) is 5.02 Å². The maximum absolute atomic E-state index is 12.4. The van der Waals surface area contributed by atoms with Crippen molar-refractivity contribution in [2.45, 2.75) is 18.8 Å². The maximum Gasteiger partial charge on any atom is 0.308 e. The topological polar surface area (TPSA) is 40.5 Å². The molecular weight excluding hydrogens is 288 g/mol. The van der Waals surface area contributed by atoms with Gasteiger partial charge in [-0.2, -0.15) is 0 Å². The molecule has 1 aliphatic rings. The van der Waals surface area contributed by atoms with E-state index in [9.17, 15) is 18.7 Å². The number of alkyl halides is 2. The number of aliphatic carboxylic acids is 1. The number of piperidine rings is 1. The molecule has 1 aliphatic heterocycles. The van der Waals surface area contributed by atoms with E-state index in [1.54, 1.807) is 12.1 Å². The number of nitrogens with zero attached hydrogens (tertiary/aromatic N) is 1. The average molecular weight is 304 g/mol. The van der Waals surface area contributed by atoms with Gasteiger partial charge in [-0.05, 0) is 36.6 Å². The highest BCUT2D eigenvalue weighted by Crippen LogP contribution is 2.34. The number of rotatable bonds is 4. The second-order valence-corrected chi connectivity index (χ2v) is 5.48. The van der Waals surface area contributed by atoms with Crippen molar-refractivity contribution in [2.24, 2.45) is 5.92 Å². The smallest absolute Gasteiger partial charge is 0.308 e. The molecule has 2 rings (SSSR count). The summed E-state index contributed by atoms with van der Waals surface area (Å²) in [5.74, 6) is -1.76. The van der Waals surface area contributed by atoms with Crippen LogP contribution in [0.1, 0.15) is 17.9 Å². The maximum atomic E-state index is 12.4. The van der Waals surface area contributed by atoms with Crippen molar-refractivity contribution >= 4 is 17.6 Å². The van der Waals surface area contributed by atoms with Gasteiger partial charge in [0.15, 0.2) is 0 Å². The Hall–Kier alpha value is -1.20. The molecule has 1 heterocycles. The zero-order valence-corrected chi connectivity index (χ0v) is 11.6. The Morgan fingerprint density at radius 3 is 2.60 bits per heavy atom. The predicted molar refractivity (Wildman–Crippen MR) is 72.4 cm³/mol. The summed E-state index contributed by atoms with van der Waals surface area (Å²) < 4.78 is 24.8. The number of hydrogen-bond acceptors (Lipinski definition) is 2. The molecule has 20 heavy (non-hydrogen) atoms. The fraction of sp³-hybridized carbons (Fsp3) is 0.500. The van der Waals surface area contributed by atoms with E-state index in [0.717, 1.165) is 5.56 Å². The number of halogens is 3. The van der Waals surface area contributed by atoms with Crippen molar-refractivity contribution in [3.05, 3.63) is 34.9 Å². The lowest BCUT2D eigenvalue weighted by molar-refractivity contribution is -0.144. The van der Waals surface area contributed by atoms with Crippen molar-refractivity contribution in [3.8, 4) is 0 Å². The van der Waals surface area contributed by atoms with Gasteiger partial charge in [0, 0.05) is 11.6 Å². The molecule has 1 aromatic rings. The molecule has 0 saturated carbocycles. The first-order valence-corrected chi connectivity index (χ1v) is 6.84. The van der Waals surface area contributed by atoms with Gasteiger partial charge in [0.1, 0.15) is 0 Å². The fourth-order valence-corrected chi connectivity index (χ4v) is 2.87. The van der Waals surface area contributed by atoms with Crippen molar-refractivity contribution in [3.63, 3.8) is 0 Å². The molecular formula is C14H16ClF2NO2. The van der Waals surface area contributed by atoms with Gasteiger partial charge in [0.25, 0.3) is 6.43 Å². The molecule has 2 atom stereocenters. The Balaban J connectivity index is 2.13. The molecule has 6 heteroatoms. The van der Waals surface area contributed by atoms with Crippen LogP contribution in [0.15, 0.2) is 24.3 Å². The molecule has 0 amide bonds. The summed E-state index contributed by atoms with van der Waals surface area (Å²) >= 11 is 5.82. The molecule has 2 unspecified atom stereocenters. The molecule has 110 valence electrons. The van der Waals surface area contributed by atoms with Gasteiger partial charge in [-0.3, -0.25) is 9.69 Å². The van der Waals surface area contributed by atoms with Crippen molar-refractivity contribution in [2.75, 3.05) is 19.6 Å². The summed E-state index contributed by atoms with van der Waals surface area (Å²) in [6.45, 7) is 0.283. The first-order valence-electron chi connectivity index (χ1n) is 6.46. The largest absolute Gasteiger partial charge is 0.481 e. The van der Waals surface area contributed by atoms with Crippen molar-refractivity contribution in [1.29, 1.82) is 0 Å². The first kappa shape index (κ1) is 15.2. The molecule has 1 saturated heterocycles. The number of hydrogen-bond donors (Lipinski definition) is 1. The van der Waals surface area contributed by atoms with Gasteiger partial charge < -0.3 is 5.11 Å². The van der Waals surface area contributed by atoms with Gasteiger partial charge in [0.05, 0.1) is 12.5 Å². The molecule has 0 aromatic heterocycles. The second kappa shape index (κ2) is 6.50. The van der Waals surface area contributed by atoms with Crippen LogP contribution in [0.3, 0.4) is 0 Å². The van der Waals surface area contributed by atoms with Gasteiger partial charge in [0.2, 0.25) is 0 Å². The van der Waals surface area contributed by atoms with Gasteiger partial charge in [-0.1, -0.05) is 23.7 Å². The second-order valence-electron chi connectivity index (χ2n) is 5.04. The SMILES string of the molecule is O=C(O)C1CN(CC(F)F)CCC1c1ccc(Cl)cc1. The molecule has 1 aromatic carbocycles. The highest BCUT2D eigenvalue weighted by molar-refractivity contribution is 6.30. The van der Waals surface area contributed by atoms with Crippen LogP contribution < -0.4 is 0 Å². The average Bonchev–Trinajstić information content (AvgIpc) is 2.39. The Labute approximate surface area is 121 Å². The standard InChI is InChI=1S/C14H16ClF2NO2/c15-10-3-1-9(2-4-10)11-5-6-18(8-13(16)17)7-12(11)14(19)20/h1-4,11-13H,5-8H2,(H,19,20). The van der Waals surface area contributed by atoms with Crippen LogP contribution in [-0.4, -0.2) is 42.0 Å². The molecule has 0 aliphatic carbocycles. The van der Waals surface area contributed by atoms with E-state index in [0.29, 0.717) is 18.0 Å². The highest BCUT2D eigenvalue weighted by Gasteiger charge is 2.35. The van der Waals surface area contributed by atoms with E-state index < -0.39 is 18.3 Å². The van der Waals surface area contributed by atoms with Gasteiger partial charge in [-0.25, -0.2) is 8.78 Å². The van der Waals surface area contributed by atoms with Crippen molar-refractivity contribution < 1.29 is 18.7 Å². The Morgan fingerprint density at radius 2 is 2.05 bits per heavy atom. The number of likely N-dealkylation sites (tertiary alicyclic amines) is 1. The van der Waals surface area contributed by atoms with E-state index in [1.807, 2.05) is 12.1 Å². The number of carboxylic acid groups (broad SMARTS) is 1. The lowest BCUT2D eigenvalue weighted by Crippen LogP contribution is -2.44. The van der Waals surface area contributed by atoms with E-state index in [4.69, 9.17) is 11.6 Å². The Bertz CT molecular complexity index is 467. The summed E-state index contributed by atoms with van der Waals surface area (Å²) in [6, 6.07) is 7.07. The summed E-state index contributed by atoms with van der Waals surface area (Å²) in [7, 11) is 0. The predicted octanol–water partition coefficient (Wildman–Crippen LogP) is 3.10. The number of benzene rings is 1. The third-order valence-corrected chi connectivity index (χ3v) is 3.96. The molecule has 1 fully saturated rings. The van der Waals surface area contributed by atoms with Crippen LogP contribution in [-0.2, 0) is 4.79 Å². The number of carboxylic acids is 1. The van der Waals surface area contributed by atoms with Gasteiger partial charge in [-0.15, -0.1) is 0 Å². The Kier molecular flexibility index (Phi) is 4.94. The molecule has 1 N–H and O–H groups in total. The molecule has 3 nitrogen and oxygen atoms in total. The van der Waals surface area contributed by atoms with Crippen LogP contribution in [0, 0.1) is 5.92 Å². The summed E-state index contributed by atoms with van der Waals surface area (Å²) in [4.78, 5) is 12.9. The van der Waals surface area contributed by atoms with E-state index >= 15 is 0 Å². The molecule has 0 spiro atoms. The van der Waals surface area contributed by atoms with Crippen molar-refractivity contribution in [1.82, 2.24) is 4.90 Å². The van der Waals surface area contributed by atoms with E-state index in [-0.39, 0.29) is 19.0 Å². The normalized spacial score (nSPS) is 24.0. The number of carbonyl (C=O) groups is 1. The summed E-state index contributed by atoms with van der Waals surface area (Å²) in [5, 5.41) is 9.93. The third kappa shape index (κ3) is 3.67. The van der Waals surface area contributed by atoms with Crippen LogP contribution in [0.5, 0.6) is 0 Å². The zero-order chi connectivity index (χ0) is 14.7. The van der Waals surface area contributed by atoms with Gasteiger partial charge >= 0.3 is 5.97 Å². The summed E-state index contributed by atoms with van der Waals surface area (Å²) in [6.07, 6.45) is -1.87. The lowest BCUT2D eigenvalue weighted by atomic mass is 9.80. The lowest BCUT2D eigenvalue weighted by Gasteiger charge is -2.36. The fourth-order valence-electron chi connectivity index (χ4n) is 2.74. The zero-order valence-electron chi connectivity index (χ0n) is 10.8. The quantitative estimate of drug-likeness (QED) is 0.929.